The van der Waals surface area contributed by atoms with Gasteiger partial charge in [-0.05, 0) is 19.0 Å². The number of rotatable bonds is 12. The van der Waals surface area contributed by atoms with Gasteiger partial charge >= 0.3 is 0 Å². The monoisotopic (exact) mass is 491 g/mol. The molecule has 0 saturated carbocycles. The molecule has 7 nitrogen and oxygen atoms in total. The zero-order valence-corrected chi connectivity index (χ0v) is 19.0. The molecule has 0 fully saturated rings. The summed E-state index contributed by atoms with van der Waals surface area (Å²) in [5, 5.41) is 9.34. The molecule has 154 valence electrons. The van der Waals surface area contributed by atoms with Crippen LogP contribution in [-0.4, -0.2) is 70.8 Å². The Hall–Kier alpha value is -1.39. The highest BCUT2D eigenvalue weighted by Gasteiger charge is 2.03. The van der Waals surface area contributed by atoms with E-state index >= 15 is 0 Å². The number of ether oxygens (including phenoxy) is 1. The number of amides is 1. The molecule has 27 heavy (non-hydrogen) atoms. The molecule has 1 aromatic carbocycles. The molecule has 0 spiro atoms. The van der Waals surface area contributed by atoms with Gasteiger partial charge in [-0.25, -0.2) is 0 Å². The number of methoxy groups -OCH3 is 1. The zero-order chi connectivity index (χ0) is 19.0. The van der Waals surface area contributed by atoms with Crippen LogP contribution >= 0.6 is 24.0 Å². The lowest BCUT2D eigenvalue weighted by molar-refractivity contribution is -0.121. The average molecular weight is 491 g/mol. The first-order valence-corrected chi connectivity index (χ1v) is 9.08. The van der Waals surface area contributed by atoms with Gasteiger partial charge in [-0.3, -0.25) is 9.79 Å². The molecule has 1 rings (SSSR count). The molecule has 0 aliphatic heterocycles. The Bertz CT molecular complexity index is 528. The Kier molecular flexibility index (Phi) is 15.9. The molecule has 0 heterocycles. The highest BCUT2D eigenvalue weighted by Crippen LogP contribution is 1.97. The first-order valence-electron chi connectivity index (χ1n) is 9.08. The molecule has 0 aliphatic carbocycles. The number of guanidine groups is 1. The van der Waals surface area contributed by atoms with Crippen LogP contribution in [0.4, 0.5) is 0 Å². The standard InChI is InChI=1S/C19H33N5O2.HI/c1-20-19(22-12-14-24(2)13-7-15-26-3)21-11-10-18(25)23-16-17-8-5-4-6-9-17;/h4-6,8-9H,7,10-16H2,1-3H3,(H,23,25)(H2,20,21,22);1H. The zero-order valence-electron chi connectivity index (χ0n) is 16.7. The van der Waals surface area contributed by atoms with E-state index in [4.69, 9.17) is 4.74 Å². The van der Waals surface area contributed by atoms with Crippen LogP contribution in [0.15, 0.2) is 35.3 Å². The summed E-state index contributed by atoms with van der Waals surface area (Å²) in [5.74, 6) is 0.737. The number of likely N-dealkylation sites (N-methyl/N-ethyl adjacent to an activating group) is 1. The Morgan fingerprint density at radius 1 is 1.11 bits per heavy atom. The molecule has 8 heteroatoms. The van der Waals surface area contributed by atoms with Crippen molar-refractivity contribution in [1.29, 1.82) is 0 Å². The lowest BCUT2D eigenvalue weighted by atomic mass is 10.2. The molecule has 0 aliphatic rings. The fourth-order valence-corrected chi connectivity index (χ4v) is 2.36. The summed E-state index contributed by atoms with van der Waals surface area (Å²) in [7, 11) is 5.54. The van der Waals surface area contributed by atoms with E-state index in [9.17, 15) is 4.79 Å². The first-order chi connectivity index (χ1) is 12.7. The van der Waals surface area contributed by atoms with Gasteiger partial charge in [-0.15, -0.1) is 24.0 Å². The summed E-state index contributed by atoms with van der Waals surface area (Å²) in [6.45, 7) is 4.60. The van der Waals surface area contributed by atoms with Crippen LogP contribution in [0.2, 0.25) is 0 Å². The van der Waals surface area contributed by atoms with E-state index in [2.05, 4.69) is 32.9 Å². The van der Waals surface area contributed by atoms with Crippen molar-refractivity contribution in [1.82, 2.24) is 20.9 Å². The molecule has 1 amide bonds. The van der Waals surface area contributed by atoms with Crippen molar-refractivity contribution in [3.05, 3.63) is 35.9 Å². The van der Waals surface area contributed by atoms with Gasteiger partial charge in [0.25, 0.3) is 0 Å². The summed E-state index contributed by atoms with van der Waals surface area (Å²) in [6.07, 6.45) is 1.43. The number of carbonyl (C=O) groups excluding carboxylic acids is 1. The summed E-state index contributed by atoms with van der Waals surface area (Å²) in [6, 6.07) is 9.89. The van der Waals surface area contributed by atoms with Crippen molar-refractivity contribution in [3.63, 3.8) is 0 Å². The highest BCUT2D eigenvalue weighted by molar-refractivity contribution is 14.0. The Balaban J connectivity index is 0.00000676. The number of nitrogens with one attached hydrogen (secondary N) is 3. The van der Waals surface area contributed by atoms with Crippen molar-refractivity contribution in [2.45, 2.75) is 19.4 Å². The van der Waals surface area contributed by atoms with Crippen molar-refractivity contribution in [2.75, 3.05) is 54.0 Å². The smallest absolute Gasteiger partial charge is 0.222 e. The molecule has 0 atom stereocenters. The second kappa shape index (κ2) is 16.8. The van der Waals surface area contributed by atoms with E-state index in [1.807, 2.05) is 30.3 Å². The fourth-order valence-electron chi connectivity index (χ4n) is 2.36. The van der Waals surface area contributed by atoms with Gasteiger partial charge in [0.15, 0.2) is 5.96 Å². The third kappa shape index (κ3) is 13.4. The third-order valence-corrected chi connectivity index (χ3v) is 3.87. The van der Waals surface area contributed by atoms with Crippen molar-refractivity contribution in [3.8, 4) is 0 Å². The van der Waals surface area contributed by atoms with Crippen molar-refractivity contribution >= 4 is 35.8 Å². The van der Waals surface area contributed by atoms with Gasteiger partial charge in [0.2, 0.25) is 5.91 Å². The van der Waals surface area contributed by atoms with Gasteiger partial charge in [-0.2, -0.15) is 0 Å². The summed E-state index contributed by atoms with van der Waals surface area (Å²) < 4.78 is 5.05. The van der Waals surface area contributed by atoms with E-state index in [-0.39, 0.29) is 29.9 Å². The van der Waals surface area contributed by atoms with Crippen LogP contribution in [0.25, 0.3) is 0 Å². The molecule has 0 radical (unpaired) electrons. The minimum Gasteiger partial charge on any atom is -0.385 e. The maximum absolute atomic E-state index is 11.9. The quantitative estimate of drug-likeness (QED) is 0.179. The van der Waals surface area contributed by atoms with Gasteiger partial charge in [0.05, 0.1) is 0 Å². The Morgan fingerprint density at radius 2 is 1.81 bits per heavy atom. The van der Waals surface area contributed by atoms with E-state index in [0.29, 0.717) is 25.5 Å². The predicted octanol–water partition coefficient (Wildman–Crippen LogP) is 1.44. The van der Waals surface area contributed by atoms with Gasteiger partial charge in [0.1, 0.15) is 0 Å². The highest BCUT2D eigenvalue weighted by atomic mass is 127. The van der Waals surface area contributed by atoms with E-state index in [0.717, 1.165) is 38.2 Å². The lowest BCUT2D eigenvalue weighted by Crippen LogP contribution is -2.42. The fraction of sp³-hybridized carbons (Fsp3) is 0.579. The second-order valence-corrected chi connectivity index (χ2v) is 6.09. The average Bonchev–Trinajstić information content (AvgIpc) is 2.66. The number of aliphatic imine (C=N–C) groups is 1. The molecular weight excluding hydrogens is 457 g/mol. The number of nitrogens with zero attached hydrogens (tertiary/aromatic N) is 2. The van der Waals surface area contributed by atoms with E-state index in [1.165, 1.54) is 0 Å². The molecule has 0 bridgehead atoms. The summed E-state index contributed by atoms with van der Waals surface area (Å²) >= 11 is 0. The van der Waals surface area contributed by atoms with Crippen LogP contribution in [0.1, 0.15) is 18.4 Å². The second-order valence-electron chi connectivity index (χ2n) is 6.09. The predicted molar refractivity (Wildman–Crippen MR) is 122 cm³/mol. The topological polar surface area (TPSA) is 78.0 Å². The van der Waals surface area contributed by atoms with Gasteiger partial charge < -0.3 is 25.6 Å². The van der Waals surface area contributed by atoms with Gasteiger partial charge in [0, 0.05) is 59.9 Å². The summed E-state index contributed by atoms with van der Waals surface area (Å²) in [4.78, 5) is 18.3. The maximum Gasteiger partial charge on any atom is 0.222 e. The van der Waals surface area contributed by atoms with Crippen molar-refractivity contribution < 1.29 is 9.53 Å². The molecule has 0 saturated heterocycles. The maximum atomic E-state index is 11.9. The number of hydrogen-bond donors (Lipinski definition) is 3. The lowest BCUT2D eigenvalue weighted by Gasteiger charge is -2.18. The molecule has 1 aromatic rings. The van der Waals surface area contributed by atoms with Crippen molar-refractivity contribution in [2.24, 2.45) is 4.99 Å². The minimum absolute atomic E-state index is 0. The Morgan fingerprint density at radius 3 is 2.48 bits per heavy atom. The van der Waals surface area contributed by atoms with Crippen LogP contribution in [-0.2, 0) is 16.1 Å². The third-order valence-electron chi connectivity index (χ3n) is 3.87. The largest absolute Gasteiger partial charge is 0.385 e. The van der Waals surface area contributed by atoms with E-state index < -0.39 is 0 Å². The molecule has 0 unspecified atom stereocenters. The SMILES string of the molecule is CN=C(NCCC(=O)NCc1ccccc1)NCCN(C)CCCOC.I. The number of benzene rings is 1. The van der Waals surface area contributed by atoms with Crippen LogP contribution in [0.5, 0.6) is 0 Å². The number of halogens is 1. The minimum atomic E-state index is 0. The normalized spacial score (nSPS) is 11.0. The van der Waals surface area contributed by atoms with Crippen LogP contribution < -0.4 is 16.0 Å². The van der Waals surface area contributed by atoms with Crippen LogP contribution in [0, 0.1) is 0 Å². The first kappa shape index (κ1) is 25.6. The molecule has 3 N–H and O–H groups in total. The molecular formula is C19H34IN5O2. The number of hydrogen-bond acceptors (Lipinski definition) is 4. The Labute approximate surface area is 180 Å². The summed E-state index contributed by atoms with van der Waals surface area (Å²) in [5.41, 5.74) is 1.10. The number of carbonyl (C=O) groups is 1. The van der Waals surface area contributed by atoms with Gasteiger partial charge in [-0.1, -0.05) is 30.3 Å². The van der Waals surface area contributed by atoms with Crippen LogP contribution in [0.3, 0.4) is 0 Å². The molecule has 0 aromatic heterocycles. The van der Waals surface area contributed by atoms with E-state index in [1.54, 1.807) is 14.2 Å².